The quantitative estimate of drug-likeness (QED) is 0.488. The maximum atomic E-state index is 6.38. The molecule has 5 nitrogen and oxygen atoms in total. The van der Waals surface area contributed by atoms with E-state index < -0.39 is 0 Å². The number of hydrogen-bond acceptors (Lipinski definition) is 4. The van der Waals surface area contributed by atoms with Crippen molar-refractivity contribution in [3.63, 3.8) is 0 Å². The number of aromatic nitrogens is 3. The van der Waals surface area contributed by atoms with Crippen LogP contribution in [0.4, 0.5) is 0 Å². The summed E-state index contributed by atoms with van der Waals surface area (Å²) in [5.74, 6) is 1.70. The van der Waals surface area contributed by atoms with Crippen LogP contribution in [0, 0.1) is 4.77 Å². The van der Waals surface area contributed by atoms with E-state index in [1.54, 1.807) is 0 Å². The summed E-state index contributed by atoms with van der Waals surface area (Å²) in [6.07, 6.45) is 2.29. The predicted molar refractivity (Wildman–Crippen MR) is 119 cm³/mol. The molecule has 0 aliphatic carbocycles. The number of nitrogens with zero attached hydrogens (tertiary/aromatic N) is 4. The molecule has 1 aliphatic heterocycles. The molecule has 152 valence electrons. The Bertz CT molecular complexity index is 1040. The highest BCUT2D eigenvalue weighted by molar-refractivity contribution is 7.71. The molecule has 0 amide bonds. The van der Waals surface area contributed by atoms with Crippen LogP contribution in [0.25, 0.3) is 11.4 Å². The first-order chi connectivity index (χ1) is 14.1. The lowest BCUT2D eigenvalue weighted by atomic mass is 10.0. The molecule has 1 saturated heterocycles. The zero-order chi connectivity index (χ0) is 20.4. The highest BCUT2D eigenvalue weighted by atomic mass is 35.5. The van der Waals surface area contributed by atoms with Crippen molar-refractivity contribution in [3.8, 4) is 17.1 Å². The van der Waals surface area contributed by atoms with E-state index >= 15 is 0 Å². The topological polar surface area (TPSA) is 35.2 Å². The van der Waals surface area contributed by atoms with E-state index in [1.165, 1.54) is 5.56 Å². The van der Waals surface area contributed by atoms with Crippen LogP contribution in [0.5, 0.6) is 5.75 Å². The largest absolute Gasteiger partial charge is 0.494 e. The third-order valence-corrected chi connectivity index (χ3v) is 6.22. The smallest absolute Gasteiger partial charge is 0.199 e. The SMILES string of the molecule is CCOc1ccc([C@H]2CCCN2Cn2nc(-c3ccccc3Cl)n(C)c2=S)cc1. The first-order valence-corrected chi connectivity index (χ1v) is 10.7. The molecule has 3 aromatic rings. The van der Waals surface area contributed by atoms with Gasteiger partial charge in [-0.15, -0.1) is 0 Å². The van der Waals surface area contributed by atoms with Gasteiger partial charge < -0.3 is 9.30 Å². The van der Waals surface area contributed by atoms with Gasteiger partial charge in [0.05, 0.1) is 18.3 Å². The Morgan fingerprint density at radius 1 is 1.17 bits per heavy atom. The summed E-state index contributed by atoms with van der Waals surface area (Å²) in [4.78, 5) is 2.44. The molecule has 2 heterocycles. The van der Waals surface area contributed by atoms with Gasteiger partial charge >= 0.3 is 0 Å². The Morgan fingerprint density at radius 2 is 1.93 bits per heavy atom. The fourth-order valence-corrected chi connectivity index (χ4v) is 4.36. The van der Waals surface area contributed by atoms with Crippen molar-refractivity contribution in [2.24, 2.45) is 7.05 Å². The first-order valence-electron chi connectivity index (χ1n) is 9.94. The van der Waals surface area contributed by atoms with Gasteiger partial charge in [-0.05, 0) is 61.8 Å². The Morgan fingerprint density at radius 3 is 2.66 bits per heavy atom. The molecule has 1 aromatic heterocycles. The third kappa shape index (κ3) is 4.10. The summed E-state index contributed by atoms with van der Waals surface area (Å²) < 4.78 is 10.1. The van der Waals surface area contributed by atoms with Gasteiger partial charge in [-0.2, -0.15) is 5.10 Å². The Hall–Kier alpha value is -2.15. The Balaban J connectivity index is 1.58. The minimum atomic E-state index is 0.360. The van der Waals surface area contributed by atoms with E-state index in [0.717, 1.165) is 36.5 Å². The lowest BCUT2D eigenvalue weighted by Gasteiger charge is -2.24. The van der Waals surface area contributed by atoms with E-state index in [4.69, 9.17) is 33.7 Å². The van der Waals surface area contributed by atoms with Gasteiger partial charge in [0.1, 0.15) is 5.75 Å². The number of hydrogen-bond donors (Lipinski definition) is 0. The molecule has 0 spiro atoms. The highest BCUT2D eigenvalue weighted by Crippen LogP contribution is 2.33. The van der Waals surface area contributed by atoms with Gasteiger partial charge in [-0.25, -0.2) is 4.68 Å². The minimum absolute atomic E-state index is 0.360. The number of rotatable bonds is 6. The molecule has 0 radical (unpaired) electrons. The maximum absolute atomic E-state index is 6.38. The van der Waals surface area contributed by atoms with E-state index in [0.29, 0.717) is 29.1 Å². The zero-order valence-electron chi connectivity index (χ0n) is 16.7. The maximum Gasteiger partial charge on any atom is 0.199 e. The molecule has 0 N–H and O–H groups in total. The normalized spacial score (nSPS) is 17.0. The van der Waals surface area contributed by atoms with Crippen LogP contribution in [0.1, 0.15) is 31.4 Å². The molecular weight excluding hydrogens is 404 g/mol. The molecule has 4 rings (SSSR count). The van der Waals surface area contributed by atoms with Gasteiger partial charge in [-0.1, -0.05) is 35.9 Å². The second-order valence-corrected chi connectivity index (χ2v) is 8.03. The monoisotopic (exact) mass is 428 g/mol. The zero-order valence-corrected chi connectivity index (χ0v) is 18.3. The summed E-state index contributed by atoms with van der Waals surface area (Å²) >= 11 is 12.1. The Labute approximate surface area is 181 Å². The van der Waals surface area contributed by atoms with E-state index in [9.17, 15) is 0 Å². The average Bonchev–Trinajstić information content (AvgIpc) is 3.30. The van der Waals surface area contributed by atoms with Gasteiger partial charge in [0.2, 0.25) is 0 Å². The molecule has 1 fully saturated rings. The molecule has 29 heavy (non-hydrogen) atoms. The summed E-state index contributed by atoms with van der Waals surface area (Å²) in [5, 5.41) is 5.48. The predicted octanol–water partition coefficient (Wildman–Crippen LogP) is 5.46. The fraction of sp³-hybridized carbons (Fsp3) is 0.364. The van der Waals surface area contributed by atoms with Crippen LogP contribution in [0.15, 0.2) is 48.5 Å². The average molecular weight is 429 g/mol. The molecule has 2 aromatic carbocycles. The van der Waals surface area contributed by atoms with E-state index in [1.807, 2.05) is 47.5 Å². The number of halogens is 1. The van der Waals surface area contributed by atoms with Crippen molar-refractivity contribution in [1.82, 2.24) is 19.2 Å². The number of likely N-dealkylation sites (tertiary alicyclic amines) is 1. The lowest BCUT2D eigenvalue weighted by molar-refractivity contribution is 0.190. The second-order valence-electron chi connectivity index (χ2n) is 7.26. The van der Waals surface area contributed by atoms with Crippen LogP contribution >= 0.6 is 23.8 Å². The van der Waals surface area contributed by atoms with Crippen molar-refractivity contribution in [3.05, 3.63) is 63.9 Å². The molecule has 1 aliphatic rings. The van der Waals surface area contributed by atoms with Crippen LogP contribution in [0.3, 0.4) is 0 Å². The van der Waals surface area contributed by atoms with Crippen molar-refractivity contribution < 1.29 is 4.74 Å². The van der Waals surface area contributed by atoms with Crippen LogP contribution in [-0.4, -0.2) is 32.4 Å². The lowest BCUT2D eigenvalue weighted by Crippen LogP contribution is -2.27. The van der Waals surface area contributed by atoms with Crippen LogP contribution in [-0.2, 0) is 13.7 Å². The van der Waals surface area contributed by atoms with Gasteiger partial charge in [-0.3, -0.25) is 4.90 Å². The summed E-state index contributed by atoms with van der Waals surface area (Å²) in [5.41, 5.74) is 2.20. The molecule has 0 unspecified atom stereocenters. The van der Waals surface area contributed by atoms with Gasteiger partial charge in [0.15, 0.2) is 10.6 Å². The van der Waals surface area contributed by atoms with Crippen LogP contribution in [0.2, 0.25) is 5.02 Å². The number of benzene rings is 2. The molecule has 0 bridgehead atoms. The van der Waals surface area contributed by atoms with Crippen LogP contribution < -0.4 is 4.74 Å². The standard InChI is InChI=1S/C22H25ClN4OS/c1-3-28-17-12-10-16(11-13-17)20-9-6-14-26(20)15-27-22(29)25(2)21(24-27)18-7-4-5-8-19(18)23/h4-5,7-8,10-13,20H,3,6,9,14-15H2,1-2H3/t20-/m1/s1. The molecular formula is C22H25ClN4OS. The van der Waals surface area contributed by atoms with E-state index in [2.05, 4.69) is 29.2 Å². The second kappa shape index (κ2) is 8.69. The summed E-state index contributed by atoms with van der Waals surface area (Å²) in [6.45, 7) is 4.37. The first kappa shape index (κ1) is 20.1. The molecule has 0 saturated carbocycles. The van der Waals surface area contributed by atoms with E-state index in [-0.39, 0.29) is 0 Å². The Kier molecular flexibility index (Phi) is 6.04. The van der Waals surface area contributed by atoms with Gasteiger partial charge in [0, 0.05) is 25.2 Å². The molecule has 1 atom stereocenters. The van der Waals surface area contributed by atoms with Crippen molar-refractivity contribution in [2.45, 2.75) is 32.5 Å². The summed E-state index contributed by atoms with van der Waals surface area (Å²) in [6, 6.07) is 16.5. The van der Waals surface area contributed by atoms with Crippen molar-refractivity contribution in [1.29, 1.82) is 0 Å². The van der Waals surface area contributed by atoms with Crippen molar-refractivity contribution >= 4 is 23.8 Å². The number of ether oxygens (including phenoxy) is 1. The highest BCUT2D eigenvalue weighted by Gasteiger charge is 2.27. The van der Waals surface area contributed by atoms with Gasteiger partial charge in [0.25, 0.3) is 0 Å². The molecule has 7 heteroatoms. The summed E-state index contributed by atoms with van der Waals surface area (Å²) in [7, 11) is 1.94. The minimum Gasteiger partial charge on any atom is -0.494 e. The third-order valence-electron chi connectivity index (χ3n) is 5.41. The van der Waals surface area contributed by atoms with Crippen molar-refractivity contribution in [2.75, 3.05) is 13.2 Å². The fourth-order valence-electron chi connectivity index (χ4n) is 3.95.